The molecule has 102 valence electrons. The maximum Gasteiger partial charge on any atom is 0.171 e. The predicted octanol–water partition coefficient (Wildman–Crippen LogP) is 3.62. The van der Waals surface area contributed by atoms with E-state index in [-0.39, 0.29) is 12.1 Å². The van der Waals surface area contributed by atoms with Gasteiger partial charge in [0.15, 0.2) is 6.10 Å². The first-order chi connectivity index (χ1) is 9.10. The van der Waals surface area contributed by atoms with Crippen molar-refractivity contribution < 1.29 is 9.15 Å². The first-order valence-corrected chi connectivity index (χ1v) is 6.67. The van der Waals surface area contributed by atoms with Crippen LogP contribution in [0, 0.1) is 6.92 Å². The molecular weight excluding hydrogens is 238 g/mol. The first-order valence-electron chi connectivity index (χ1n) is 6.67. The molecule has 0 spiro atoms. The Morgan fingerprint density at radius 2 is 2.05 bits per heavy atom. The summed E-state index contributed by atoms with van der Waals surface area (Å²) in [5.74, 6) is 2.47. The van der Waals surface area contributed by atoms with Crippen molar-refractivity contribution in [2.24, 2.45) is 5.73 Å². The molecule has 0 aliphatic rings. The number of hydrogen-bond donors (Lipinski definition) is 1. The van der Waals surface area contributed by atoms with E-state index in [1.165, 1.54) is 5.56 Å². The lowest BCUT2D eigenvalue weighted by Gasteiger charge is -2.21. The van der Waals surface area contributed by atoms with E-state index in [1.807, 2.05) is 44.2 Å². The molecule has 1 aromatic heterocycles. The van der Waals surface area contributed by atoms with Crippen molar-refractivity contribution in [3.63, 3.8) is 0 Å². The predicted molar refractivity (Wildman–Crippen MR) is 76.3 cm³/mol. The Labute approximate surface area is 114 Å². The molecule has 1 heterocycles. The second kappa shape index (κ2) is 5.93. The summed E-state index contributed by atoms with van der Waals surface area (Å²) in [7, 11) is 0. The highest BCUT2D eigenvalue weighted by Gasteiger charge is 2.21. The molecule has 0 saturated heterocycles. The van der Waals surface area contributed by atoms with Gasteiger partial charge in [-0.1, -0.05) is 19.1 Å². The molecule has 1 aromatic carbocycles. The third-order valence-corrected chi connectivity index (χ3v) is 3.09. The van der Waals surface area contributed by atoms with Gasteiger partial charge in [0.25, 0.3) is 0 Å². The second-order valence-corrected chi connectivity index (χ2v) is 4.85. The summed E-state index contributed by atoms with van der Waals surface area (Å²) in [5.41, 5.74) is 7.26. The fraction of sp³-hybridized carbons (Fsp3) is 0.375. The fourth-order valence-electron chi connectivity index (χ4n) is 2.02. The minimum Gasteiger partial charge on any atom is -0.481 e. The molecule has 0 fully saturated rings. The largest absolute Gasteiger partial charge is 0.481 e. The lowest BCUT2D eigenvalue weighted by molar-refractivity contribution is 0.151. The quantitative estimate of drug-likeness (QED) is 0.892. The van der Waals surface area contributed by atoms with Crippen LogP contribution in [0.3, 0.4) is 0 Å². The van der Waals surface area contributed by atoms with Crippen molar-refractivity contribution in [1.29, 1.82) is 0 Å². The van der Waals surface area contributed by atoms with E-state index in [0.717, 1.165) is 23.7 Å². The van der Waals surface area contributed by atoms with Crippen molar-refractivity contribution in [3.05, 3.63) is 53.5 Å². The van der Waals surface area contributed by atoms with Crippen LogP contribution in [0.15, 0.2) is 40.8 Å². The molecule has 0 amide bonds. The van der Waals surface area contributed by atoms with E-state index in [1.54, 1.807) is 0 Å². The molecule has 2 unspecified atom stereocenters. The third-order valence-electron chi connectivity index (χ3n) is 3.09. The summed E-state index contributed by atoms with van der Waals surface area (Å²) >= 11 is 0. The molecule has 2 atom stereocenters. The molecule has 2 aromatic rings. The summed E-state index contributed by atoms with van der Waals surface area (Å²) in [5, 5.41) is 0. The van der Waals surface area contributed by atoms with Gasteiger partial charge < -0.3 is 14.9 Å². The van der Waals surface area contributed by atoms with Gasteiger partial charge in [0.1, 0.15) is 17.3 Å². The summed E-state index contributed by atoms with van der Waals surface area (Å²) in [6.45, 7) is 5.96. The third kappa shape index (κ3) is 3.38. The molecule has 0 bridgehead atoms. The Hall–Kier alpha value is -1.74. The maximum absolute atomic E-state index is 6.01. The van der Waals surface area contributed by atoms with E-state index in [9.17, 15) is 0 Å². The number of rotatable bonds is 5. The minimum atomic E-state index is -0.263. The van der Waals surface area contributed by atoms with Gasteiger partial charge in [0.05, 0.1) is 0 Å². The molecule has 19 heavy (non-hydrogen) atoms. The van der Waals surface area contributed by atoms with Gasteiger partial charge >= 0.3 is 0 Å². The van der Waals surface area contributed by atoms with Gasteiger partial charge in [0, 0.05) is 6.04 Å². The maximum atomic E-state index is 6.01. The topological polar surface area (TPSA) is 48.4 Å². The number of aryl methyl sites for hydroxylation is 2. The van der Waals surface area contributed by atoms with Crippen LogP contribution in [0.4, 0.5) is 0 Å². The Morgan fingerprint density at radius 1 is 1.26 bits per heavy atom. The van der Waals surface area contributed by atoms with E-state index < -0.39 is 0 Å². The van der Waals surface area contributed by atoms with Crippen molar-refractivity contribution in [1.82, 2.24) is 0 Å². The van der Waals surface area contributed by atoms with Crippen molar-refractivity contribution in [2.45, 2.75) is 39.3 Å². The molecule has 0 saturated carbocycles. The van der Waals surface area contributed by atoms with Crippen LogP contribution in [-0.2, 0) is 6.42 Å². The van der Waals surface area contributed by atoms with E-state index in [2.05, 4.69) is 13.0 Å². The van der Waals surface area contributed by atoms with Crippen LogP contribution >= 0.6 is 0 Å². The van der Waals surface area contributed by atoms with Crippen LogP contribution < -0.4 is 10.5 Å². The van der Waals surface area contributed by atoms with Crippen LogP contribution in [0.1, 0.15) is 37.0 Å². The zero-order valence-corrected chi connectivity index (χ0v) is 11.7. The van der Waals surface area contributed by atoms with E-state index in [4.69, 9.17) is 14.9 Å². The second-order valence-electron chi connectivity index (χ2n) is 4.85. The molecule has 3 nitrogen and oxygen atoms in total. The lowest BCUT2D eigenvalue weighted by atomic mass is 10.1. The highest BCUT2D eigenvalue weighted by atomic mass is 16.5. The number of furan rings is 1. The number of ether oxygens (including phenoxy) is 1. The van der Waals surface area contributed by atoms with Gasteiger partial charge in [-0.25, -0.2) is 0 Å². The average Bonchev–Trinajstić information content (AvgIpc) is 2.82. The molecule has 2 rings (SSSR count). The summed E-state index contributed by atoms with van der Waals surface area (Å²) in [6, 6.07) is 11.8. The van der Waals surface area contributed by atoms with Crippen molar-refractivity contribution in [3.8, 4) is 5.75 Å². The van der Waals surface area contributed by atoms with Gasteiger partial charge in [-0.2, -0.15) is 0 Å². The van der Waals surface area contributed by atoms with Gasteiger partial charge in [-0.3, -0.25) is 0 Å². The van der Waals surface area contributed by atoms with Crippen LogP contribution in [-0.4, -0.2) is 6.04 Å². The Kier molecular flexibility index (Phi) is 4.27. The van der Waals surface area contributed by atoms with Crippen molar-refractivity contribution >= 4 is 0 Å². The zero-order chi connectivity index (χ0) is 13.8. The SMILES string of the molecule is CCc1cccc(OC(c2ccc(C)o2)C(C)N)c1. The summed E-state index contributed by atoms with van der Waals surface area (Å²) in [6.07, 6.45) is 0.723. The molecule has 0 aliphatic heterocycles. The monoisotopic (exact) mass is 259 g/mol. The molecule has 3 heteroatoms. The number of nitrogens with two attached hydrogens (primary N) is 1. The van der Waals surface area contributed by atoms with Gasteiger partial charge in [0.2, 0.25) is 0 Å². The number of benzene rings is 1. The first kappa shape index (κ1) is 13.7. The summed E-state index contributed by atoms with van der Waals surface area (Å²) in [4.78, 5) is 0. The van der Waals surface area contributed by atoms with Crippen LogP contribution in [0.2, 0.25) is 0 Å². The summed E-state index contributed by atoms with van der Waals surface area (Å²) < 4.78 is 11.6. The Morgan fingerprint density at radius 3 is 2.63 bits per heavy atom. The van der Waals surface area contributed by atoms with Gasteiger partial charge in [-0.15, -0.1) is 0 Å². The Balaban J connectivity index is 2.21. The average molecular weight is 259 g/mol. The minimum absolute atomic E-state index is 0.143. The molecule has 0 radical (unpaired) electrons. The Bertz CT molecular complexity index is 531. The number of hydrogen-bond acceptors (Lipinski definition) is 3. The highest BCUT2D eigenvalue weighted by molar-refractivity contribution is 5.29. The van der Waals surface area contributed by atoms with Gasteiger partial charge in [-0.05, 0) is 50.1 Å². The highest BCUT2D eigenvalue weighted by Crippen LogP contribution is 2.26. The smallest absolute Gasteiger partial charge is 0.171 e. The lowest BCUT2D eigenvalue weighted by Crippen LogP contribution is -2.28. The van der Waals surface area contributed by atoms with E-state index in [0.29, 0.717) is 0 Å². The molecule has 2 N–H and O–H groups in total. The fourth-order valence-corrected chi connectivity index (χ4v) is 2.02. The molecular formula is C16H21NO2. The van der Waals surface area contributed by atoms with Crippen LogP contribution in [0.25, 0.3) is 0 Å². The normalized spacial score (nSPS) is 14.1. The van der Waals surface area contributed by atoms with Crippen molar-refractivity contribution in [2.75, 3.05) is 0 Å². The zero-order valence-electron chi connectivity index (χ0n) is 11.7. The standard InChI is InChI=1S/C16H21NO2/c1-4-13-6-5-7-14(10-13)19-16(12(3)17)15-9-8-11(2)18-15/h5-10,12,16H,4,17H2,1-3H3. The van der Waals surface area contributed by atoms with E-state index >= 15 is 0 Å². The molecule has 0 aliphatic carbocycles. The van der Waals surface area contributed by atoms with Crippen LogP contribution in [0.5, 0.6) is 5.75 Å².